The molecule has 2 saturated heterocycles. The fourth-order valence-corrected chi connectivity index (χ4v) is 4.03. The summed E-state index contributed by atoms with van der Waals surface area (Å²) in [5.41, 5.74) is 1.30. The van der Waals surface area contributed by atoms with E-state index in [1.807, 2.05) is 0 Å². The van der Waals surface area contributed by atoms with Gasteiger partial charge in [-0.3, -0.25) is 9.89 Å². The molecular weight excluding hydrogens is 477 g/mol. The molecule has 164 valence electrons. The van der Waals surface area contributed by atoms with Crippen LogP contribution < -0.4 is 15.5 Å². The number of anilines is 1. The standard InChI is InChI=1S/C22H37N5O.HI/c1-4-23-22(24-14-21-17-26(12-13-28-21)15-18(2)3)25-19-10-11-27(16-19)20-8-6-5-7-9-20;/h5-9,18-19,21H,4,10-17H2,1-3H3,(H2,23,24,25);1H. The van der Waals surface area contributed by atoms with Gasteiger partial charge in [0.15, 0.2) is 5.96 Å². The lowest BCUT2D eigenvalue weighted by Gasteiger charge is -2.33. The zero-order chi connectivity index (χ0) is 19.8. The van der Waals surface area contributed by atoms with Crippen molar-refractivity contribution in [3.63, 3.8) is 0 Å². The van der Waals surface area contributed by atoms with Crippen molar-refractivity contribution in [1.82, 2.24) is 15.5 Å². The van der Waals surface area contributed by atoms with Crippen LogP contribution in [0.4, 0.5) is 5.69 Å². The van der Waals surface area contributed by atoms with Crippen molar-refractivity contribution >= 4 is 35.6 Å². The molecule has 3 rings (SSSR count). The minimum absolute atomic E-state index is 0. The molecule has 1 aromatic rings. The Morgan fingerprint density at radius 2 is 2.00 bits per heavy atom. The summed E-state index contributed by atoms with van der Waals surface area (Å²) in [4.78, 5) is 9.78. The maximum absolute atomic E-state index is 5.95. The number of para-hydroxylation sites is 1. The summed E-state index contributed by atoms with van der Waals surface area (Å²) in [5.74, 6) is 1.60. The van der Waals surface area contributed by atoms with Gasteiger partial charge in [0.05, 0.1) is 19.3 Å². The van der Waals surface area contributed by atoms with Crippen LogP contribution in [-0.4, -0.2) is 75.4 Å². The van der Waals surface area contributed by atoms with E-state index >= 15 is 0 Å². The molecule has 0 saturated carbocycles. The highest BCUT2D eigenvalue weighted by Gasteiger charge is 2.24. The number of hydrogen-bond donors (Lipinski definition) is 2. The van der Waals surface area contributed by atoms with Crippen LogP contribution in [0, 0.1) is 5.92 Å². The number of morpholine rings is 1. The number of rotatable bonds is 7. The first-order chi connectivity index (χ1) is 13.6. The van der Waals surface area contributed by atoms with Crippen molar-refractivity contribution in [2.45, 2.75) is 39.3 Å². The molecule has 0 aliphatic carbocycles. The summed E-state index contributed by atoms with van der Waals surface area (Å²) in [6, 6.07) is 11.1. The average molecular weight is 515 g/mol. The minimum Gasteiger partial charge on any atom is -0.374 e. The van der Waals surface area contributed by atoms with E-state index in [9.17, 15) is 0 Å². The van der Waals surface area contributed by atoms with Gasteiger partial charge >= 0.3 is 0 Å². The number of nitrogens with zero attached hydrogens (tertiary/aromatic N) is 3. The molecular formula is C22H38IN5O. The quantitative estimate of drug-likeness (QED) is 0.333. The van der Waals surface area contributed by atoms with Crippen molar-refractivity contribution in [2.24, 2.45) is 10.9 Å². The lowest BCUT2D eigenvalue weighted by Crippen LogP contribution is -2.47. The largest absolute Gasteiger partial charge is 0.374 e. The molecule has 2 atom stereocenters. The normalized spacial score (nSPS) is 23.2. The molecule has 0 aromatic heterocycles. The number of halogens is 1. The second kappa shape index (κ2) is 12.6. The number of aliphatic imine (C=N–C) groups is 1. The molecule has 2 fully saturated rings. The van der Waals surface area contributed by atoms with Gasteiger partial charge in [0.25, 0.3) is 0 Å². The van der Waals surface area contributed by atoms with Crippen LogP contribution in [0.5, 0.6) is 0 Å². The van der Waals surface area contributed by atoms with E-state index in [0.29, 0.717) is 18.5 Å². The molecule has 7 heteroatoms. The minimum atomic E-state index is 0. The molecule has 29 heavy (non-hydrogen) atoms. The third-order valence-electron chi connectivity index (χ3n) is 5.29. The van der Waals surface area contributed by atoms with Crippen molar-refractivity contribution in [3.8, 4) is 0 Å². The Bertz CT molecular complexity index is 612. The SMILES string of the molecule is CCNC(=NCC1CN(CC(C)C)CCO1)NC1CCN(c2ccccc2)C1.I. The smallest absolute Gasteiger partial charge is 0.191 e. The van der Waals surface area contributed by atoms with E-state index in [-0.39, 0.29) is 30.1 Å². The summed E-state index contributed by atoms with van der Waals surface area (Å²) in [7, 11) is 0. The molecule has 6 nitrogen and oxygen atoms in total. The van der Waals surface area contributed by atoms with Gasteiger partial charge in [-0.25, -0.2) is 0 Å². The van der Waals surface area contributed by atoms with Gasteiger partial charge in [0.2, 0.25) is 0 Å². The highest BCUT2D eigenvalue weighted by atomic mass is 127. The molecule has 0 amide bonds. The Morgan fingerprint density at radius 3 is 2.72 bits per heavy atom. The van der Waals surface area contributed by atoms with Gasteiger partial charge in [0, 0.05) is 51.0 Å². The highest BCUT2D eigenvalue weighted by Crippen LogP contribution is 2.19. The van der Waals surface area contributed by atoms with E-state index in [4.69, 9.17) is 9.73 Å². The number of benzene rings is 1. The van der Waals surface area contributed by atoms with Crippen LogP contribution in [0.2, 0.25) is 0 Å². The van der Waals surface area contributed by atoms with Crippen molar-refractivity contribution < 1.29 is 4.74 Å². The van der Waals surface area contributed by atoms with Crippen LogP contribution >= 0.6 is 24.0 Å². The predicted molar refractivity (Wildman–Crippen MR) is 133 cm³/mol. The van der Waals surface area contributed by atoms with Crippen LogP contribution in [0.1, 0.15) is 27.2 Å². The Kier molecular flexibility index (Phi) is 10.5. The third-order valence-corrected chi connectivity index (χ3v) is 5.29. The molecule has 2 unspecified atom stereocenters. The van der Waals surface area contributed by atoms with E-state index in [1.54, 1.807) is 0 Å². The van der Waals surface area contributed by atoms with E-state index in [0.717, 1.165) is 58.3 Å². The molecule has 2 heterocycles. The second-order valence-corrected chi connectivity index (χ2v) is 8.28. The maximum Gasteiger partial charge on any atom is 0.191 e. The number of ether oxygens (including phenoxy) is 1. The molecule has 0 bridgehead atoms. The topological polar surface area (TPSA) is 52.1 Å². The monoisotopic (exact) mass is 515 g/mol. The maximum atomic E-state index is 5.95. The van der Waals surface area contributed by atoms with E-state index in [2.05, 4.69) is 71.5 Å². The van der Waals surface area contributed by atoms with Gasteiger partial charge in [-0.2, -0.15) is 0 Å². The van der Waals surface area contributed by atoms with Gasteiger partial charge in [-0.15, -0.1) is 24.0 Å². The lowest BCUT2D eigenvalue weighted by atomic mass is 10.2. The summed E-state index contributed by atoms with van der Waals surface area (Å²) in [6.07, 6.45) is 1.31. The first kappa shape index (κ1) is 24.2. The Balaban J connectivity index is 0.00000300. The molecule has 2 N–H and O–H groups in total. The van der Waals surface area contributed by atoms with Gasteiger partial charge < -0.3 is 20.3 Å². The molecule has 1 aromatic carbocycles. The van der Waals surface area contributed by atoms with Crippen LogP contribution in [0.15, 0.2) is 35.3 Å². The van der Waals surface area contributed by atoms with Crippen molar-refractivity contribution in [2.75, 3.05) is 57.3 Å². The molecule has 0 radical (unpaired) electrons. The van der Waals surface area contributed by atoms with Crippen LogP contribution in [0.25, 0.3) is 0 Å². The zero-order valence-corrected chi connectivity index (χ0v) is 20.5. The second-order valence-electron chi connectivity index (χ2n) is 8.28. The van der Waals surface area contributed by atoms with Gasteiger partial charge in [-0.05, 0) is 31.4 Å². The van der Waals surface area contributed by atoms with Gasteiger partial charge in [0.1, 0.15) is 0 Å². The highest BCUT2D eigenvalue weighted by molar-refractivity contribution is 14.0. The Hall–Kier alpha value is -1.06. The zero-order valence-electron chi connectivity index (χ0n) is 18.1. The Labute approximate surface area is 193 Å². The third kappa shape index (κ3) is 7.94. The lowest BCUT2D eigenvalue weighted by molar-refractivity contribution is -0.0262. The van der Waals surface area contributed by atoms with Gasteiger partial charge in [-0.1, -0.05) is 32.0 Å². The average Bonchev–Trinajstić information content (AvgIpc) is 3.15. The van der Waals surface area contributed by atoms with Crippen molar-refractivity contribution in [3.05, 3.63) is 30.3 Å². The van der Waals surface area contributed by atoms with Crippen LogP contribution in [-0.2, 0) is 4.74 Å². The molecule has 2 aliphatic rings. The number of guanidine groups is 1. The fraction of sp³-hybridized carbons (Fsp3) is 0.682. The first-order valence-electron chi connectivity index (χ1n) is 10.8. The number of hydrogen-bond acceptors (Lipinski definition) is 4. The first-order valence-corrected chi connectivity index (χ1v) is 10.8. The summed E-state index contributed by atoms with van der Waals surface area (Å²) in [6.45, 7) is 14.3. The Morgan fingerprint density at radius 1 is 1.21 bits per heavy atom. The number of nitrogens with one attached hydrogen (secondary N) is 2. The molecule has 0 spiro atoms. The summed E-state index contributed by atoms with van der Waals surface area (Å²) < 4.78 is 5.95. The van der Waals surface area contributed by atoms with Crippen LogP contribution in [0.3, 0.4) is 0 Å². The summed E-state index contributed by atoms with van der Waals surface area (Å²) in [5, 5.41) is 7.03. The van der Waals surface area contributed by atoms with E-state index in [1.165, 1.54) is 5.69 Å². The fourth-order valence-electron chi connectivity index (χ4n) is 4.03. The van der Waals surface area contributed by atoms with Crippen molar-refractivity contribution in [1.29, 1.82) is 0 Å². The molecule has 2 aliphatic heterocycles. The predicted octanol–water partition coefficient (Wildman–Crippen LogP) is 2.80. The van der Waals surface area contributed by atoms with E-state index < -0.39 is 0 Å². The summed E-state index contributed by atoms with van der Waals surface area (Å²) >= 11 is 0.